The molecule has 2 nitrogen and oxygen atoms in total. The van der Waals surface area contributed by atoms with E-state index < -0.39 is 9.76 Å². The van der Waals surface area contributed by atoms with Crippen molar-refractivity contribution in [2.45, 2.75) is 6.04 Å². The minimum atomic E-state index is -0.575. The molecule has 0 N–H and O–H groups in total. The highest BCUT2D eigenvalue weighted by Gasteiger charge is 1.77. The summed E-state index contributed by atoms with van der Waals surface area (Å²) in [5.74, 6) is 0. The standard InChI is InChI=1S/C4H8O2Si/c1-2-3-7-6-4-5/h2,4H,1,3,7H2. The summed E-state index contributed by atoms with van der Waals surface area (Å²) < 4.78 is 4.46. The summed E-state index contributed by atoms with van der Waals surface area (Å²) in [7, 11) is -0.575. The van der Waals surface area contributed by atoms with Crippen LogP contribution in [-0.4, -0.2) is 16.2 Å². The Labute approximate surface area is 45.1 Å². The maximum absolute atomic E-state index is 9.46. The molecule has 0 aliphatic carbocycles. The molecule has 0 spiro atoms. The highest BCUT2D eigenvalue weighted by atomic mass is 28.2. The Morgan fingerprint density at radius 1 is 1.86 bits per heavy atom. The SMILES string of the molecule is C=CC[SiH2]OC=O. The molecule has 0 bridgehead atoms. The van der Waals surface area contributed by atoms with Crippen molar-refractivity contribution < 1.29 is 9.22 Å². The lowest BCUT2D eigenvalue weighted by atomic mass is 10.8. The van der Waals surface area contributed by atoms with Gasteiger partial charge >= 0.3 is 0 Å². The van der Waals surface area contributed by atoms with Gasteiger partial charge in [0.1, 0.15) is 0 Å². The first-order chi connectivity index (χ1) is 3.41. The fraction of sp³-hybridized carbons (Fsp3) is 0.250. The molecule has 0 aliphatic heterocycles. The Morgan fingerprint density at radius 3 is 3.00 bits per heavy atom. The van der Waals surface area contributed by atoms with Crippen molar-refractivity contribution in [2.75, 3.05) is 0 Å². The van der Waals surface area contributed by atoms with E-state index in [1.54, 1.807) is 6.08 Å². The van der Waals surface area contributed by atoms with Crippen molar-refractivity contribution in [2.24, 2.45) is 0 Å². The summed E-state index contributed by atoms with van der Waals surface area (Å²) in [5, 5.41) is 0. The highest BCUT2D eigenvalue weighted by Crippen LogP contribution is 1.75. The molecule has 0 aromatic heterocycles. The fourth-order valence-electron chi connectivity index (χ4n) is 0.199. The van der Waals surface area contributed by atoms with Crippen LogP contribution in [0.4, 0.5) is 0 Å². The molecule has 0 fully saturated rings. The van der Waals surface area contributed by atoms with Gasteiger partial charge in [0.25, 0.3) is 6.47 Å². The molecule has 0 rings (SSSR count). The second kappa shape index (κ2) is 5.43. The van der Waals surface area contributed by atoms with Crippen molar-refractivity contribution in [3.63, 3.8) is 0 Å². The zero-order chi connectivity index (χ0) is 5.54. The lowest BCUT2D eigenvalue weighted by molar-refractivity contribution is -0.120. The van der Waals surface area contributed by atoms with E-state index in [0.717, 1.165) is 6.04 Å². The lowest BCUT2D eigenvalue weighted by Gasteiger charge is -1.87. The molecule has 0 radical (unpaired) electrons. The minimum Gasteiger partial charge on any atom is -0.527 e. The average Bonchev–Trinajstić information content (AvgIpc) is 1.69. The van der Waals surface area contributed by atoms with E-state index in [0.29, 0.717) is 6.47 Å². The molecule has 0 saturated heterocycles. The van der Waals surface area contributed by atoms with Gasteiger partial charge in [-0.1, -0.05) is 6.08 Å². The summed E-state index contributed by atoms with van der Waals surface area (Å²) >= 11 is 0. The Morgan fingerprint density at radius 2 is 2.57 bits per heavy atom. The molecule has 0 aromatic carbocycles. The van der Waals surface area contributed by atoms with Crippen LogP contribution in [0.25, 0.3) is 0 Å². The first-order valence-electron chi connectivity index (χ1n) is 2.08. The van der Waals surface area contributed by atoms with Gasteiger partial charge in [0, 0.05) is 0 Å². The Balaban J connectivity index is 2.68. The van der Waals surface area contributed by atoms with Gasteiger partial charge in [-0.2, -0.15) is 0 Å². The number of hydrogen-bond acceptors (Lipinski definition) is 2. The van der Waals surface area contributed by atoms with Gasteiger partial charge in [0.15, 0.2) is 0 Å². The van der Waals surface area contributed by atoms with Gasteiger partial charge in [-0.15, -0.1) is 6.58 Å². The van der Waals surface area contributed by atoms with E-state index in [4.69, 9.17) is 0 Å². The molecular weight excluding hydrogens is 108 g/mol. The molecule has 0 heterocycles. The molecule has 0 aliphatic rings. The Kier molecular flexibility index (Phi) is 4.98. The van der Waals surface area contributed by atoms with E-state index in [2.05, 4.69) is 11.0 Å². The summed E-state index contributed by atoms with van der Waals surface area (Å²) in [5.41, 5.74) is 0. The Hall–Kier alpha value is -0.573. The summed E-state index contributed by atoms with van der Waals surface area (Å²) in [4.78, 5) is 9.46. The third-order valence-electron chi connectivity index (χ3n) is 0.508. The topological polar surface area (TPSA) is 26.3 Å². The zero-order valence-electron chi connectivity index (χ0n) is 4.09. The largest absolute Gasteiger partial charge is 0.527 e. The van der Waals surface area contributed by atoms with E-state index >= 15 is 0 Å². The van der Waals surface area contributed by atoms with Crippen LogP contribution in [0.3, 0.4) is 0 Å². The Bertz CT molecular complexity index is 54.7. The minimum absolute atomic E-state index is 0.496. The fourth-order valence-corrected chi connectivity index (χ4v) is 0.598. The molecule has 0 saturated carbocycles. The van der Waals surface area contributed by atoms with Crippen molar-refractivity contribution in [1.29, 1.82) is 0 Å². The van der Waals surface area contributed by atoms with Crippen molar-refractivity contribution in [3.8, 4) is 0 Å². The molecule has 0 aromatic rings. The predicted molar refractivity (Wildman–Crippen MR) is 30.7 cm³/mol. The van der Waals surface area contributed by atoms with Crippen LogP contribution in [0.15, 0.2) is 12.7 Å². The van der Waals surface area contributed by atoms with Crippen molar-refractivity contribution in [1.82, 2.24) is 0 Å². The van der Waals surface area contributed by atoms with Crippen LogP contribution in [0.1, 0.15) is 0 Å². The monoisotopic (exact) mass is 116 g/mol. The maximum atomic E-state index is 9.46. The smallest absolute Gasteiger partial charge is 0.279 e. The first-order valence-corrected chi connectivity index (χ1v) is 3.65. The third-order valence-corrected chi connectivity index (χ3v) is 1.52. The molecule has 0 atom stereocenters. The van der Waals surface area contributed by atoms with Crippen LogP contribution < -0.4 is 0 Å². The zero-order valence-corrected chi connectivity index (χ0v) is 5.51. The first kappa shape index (κ1) is 6.43. The third kappa shape index (κ3) is 5.43. The summed E-state index contributed by atoms with van der Waals surface area (Å²) in [6, 6.07) is 0.874. The summed E-state index contributed by atoms with van der Waals surface area (Å²) in [6.07, 6.45) is 1.76. The van der Waals surface area contributed by atoms with Crippen LogP contribution in [0.5, 0.6) is 0 Å². The molecular formula is C4H8O2Si. The van der Waals surface area contributed by atoms with E-state index in [9.17, 15) is 4.79 Å². The summed E-state index contributed by atoms with van der Waals surface area (Å²) in [6.45, 7) is 3.97. The van der Waals surface area contributed by atoms with E-state index in [1.165, 1.54) is 0 Å². The van der Waals surface area contributed by atoms with Crippen LogP contribution in [0.2, 0.25) is 6.04 Å². The normalized spacial score (nSPS) is 9.14. The second-order valence-electron chi connectivity index (χ2n) is 1.04. The highest BCUT2D eigenvalue weighted by molar-refractivity contribution is 6.29. The predicted octanol–water partition coefficient (Wildman–Crippen LogP) is -0.153. The molecule has 0 unspecified atom stereocenters. The van der Waals surface area contributed by atoms with Crippen molar-refractivity contribution in [3.05, 3.63) is 12.7 Å². The van der Waals surface area contributed by atoms with Gasteiger partial charge in [0.2, 0.25) is 9.76 Å². The van der Waals surface area contributed by atoms with E-state index in [-0.39, 0.29) is 0 Å². The second-order valence-corrected chi connectivity index (χ2v) is 2.36. The van der Waals surface area contributed by atoms with Crippen LogP contribution >= 0.6 is 0 Å². The molecule has 7 heavy (non-hydrogen) atoms. The maximum Gasteiger partial charge on any atom is 0.279 e. The molecule has 40 valence electrons. The van der Waals surface area contributed by atoms with Crippen LogP contribution in [-0.2, 0) is 9.22 Å². The van der Waals surface area contributed by atoms with Gasteiger partial charge in [0.05, 0.1) is 0 Å². The molecule has 0 amide bonds. The average molecular weight is 116 g/mol. The quantitative estimate of drug-likeness (QED) is 0.221. The van der Waals surface area contributed by atoms with Gasteiger partial charge in [-0.3, -0.25) is 4.79 Å². The number of carbonyl (C=O) groups excluding carboxylic acids is 1. The van der Waals surface area contributed by atoms with Gasteiger partial charge < -0.3 is 4.43 Å². The van der Waals surface area contributed by atoms with Crippen LogP contribution in [0, 0.1) is 0 Å². The lowest BCUT2D eigenvalue weighted by Crippen LogP contribution is -1.91. The van der Waals surface area contributed by atoms with Gasteiger partial charge in [-0.05, 0) is 6.04 Å². The number of carbonyl (C=O) groups is 1. The number of rotatable bonds is 4. The van der Waals surface area contributed by atoms with Crippen molar-refractivity contribution >= 4 is 16.2 Å². The number of hydrogen-bond donors (Lipinski definition) is 0. The molecule has 3 heteroatoms. The van der Waals surface area contributed by atoms with E-state index in [1.807, 2.05) is 0 Å². The van der Waals surface area contributed by atoms with Gasteiger partial charge in [-0.25, -0.2) is 0 Å². The number of allylic oxidation sites excluding steroid dienone is 1.